The van der Waals surface area contributed by atoms with E-state index in [2.05, 4.69) is 51.7 Å². The third-order valence-corrected chi connectivity index (χ3v) is 5.68. The summed E-state index contributed by atoms with van der Waals surface area (Å²) in [6.45, 7) is 10.6. The van der Waals surface area contributed by atoms with Crippen molar-refractivity contribution in [3.8, 4) is 0 Å². The number of fused-ring (bicyclic) bond motifs is 1. The summed E-state index contributed by atoms with van der Waals surface area (Å²) >= 11 is 0. The smallest absolute Gasteiger partial charge is 0.257 e. The van der Waals surface area contributed by atoms with E-state index in [9.17, 15) is 4.79 Å². The molecule has 0 saturated carbocycles. The number of piperazine rings is 1. The molecule has 1 N–H and O–H groups in total. The van der Waals surface area contributed by atoms with Crippen LogP contribution in [0, 0.1) is 0 Å². The SMILES string of the molecule is CCN1CCN(c2ccc(NC(=O)c3cn(CC)c4ccccc34)cc2)CC1. The lowest BCUT2D eigenvalue weighted by atomic mass is 10.1. The Balaban J connectivity index is 1.47. The van der Waals surface area contributed by atoms with Crippen LogP contribution in [0.2, 0.25) is 0 Å². The van der Waals surface area contributed by atoms with Crippen molar-refractivity contribution < 1.29 is 4.79 Å². The van der Waals surface area contributed by atoms with E-state index >= 15 is 0 Å². The summed E-state index contributed by atoms with van der Waals surface area (Å²) in [5, 5.41) is 4.05. The lowest BCUT2D eigenvalue weighted by molar-refractivity contribution is 0.102. The van der Waals surface area contributed by atoms with Crippen LogP contribution in [0.5, 0.6) is 0 Å². The van der Waals surface area contributed by atoms with Crippen molar-refractivity contribution in [3.63, 3.8) is 0 Å². The summed E-state index contributed by atoms with van der Waals surface area (Å²) in [6.07, 6.45) is 1.95. The van der Waals surface area contributed by atoms with Crippen molar-refractivity contribution >= 4 is 28.2 Å². The summed E-state index contributed by atoms with van der Waals surface area (Å²) in [4.78, 5) is 17.8. The summed E-state index contributed by atoms with van der Waals surface area (Å²) in [7, 11) is 0. The second kappa shape index (κ2) is 8.07. The second-order valence-electron chi connectivity index (χ2n) is 7.27. The standard InChI is InChI=1S/C23H28N4O/c1-3-25-13-15-27(16-14-25)19-11-9-18(10-12-19)24-23(28)21-17-26(4-2)22-8-6-5-7-20(21)22/h5-12,17H,3-4,13-16H2,1-2H3,(H,24,28). The summed E-state index contributed by atoms with van der Waals surface area (Å²) in [5.74, 6) is -0.0623. The van der Waals surface area contributed by atoms with Crippen LogP contribution < -0.4 is 10.2 Å². The van der Waals surface area contributed by atoms with Crippen LogP contribution in [0.3, 0.4) is 0 Å². The maximum absolute atomic E-state index is 12.9. The van der Waals surface area contributed by atoms with Gasteiger partial charge in [-0.2, -0.15) is 0 Å². The van der Waals surface area contributed by atoms with Gasteiger partial charge in [0, 0.05) is 61.2 Å². The number of likely N-dealkylation sites (N-methyl/N-ethyl adjacent to an activating group) is 1. The fraction of sp³-hybridized carbons (Fsp3) is 0.348. The number of nitrogens with one attached hydrogen (secondary N) is 1. The molecule has 0 atom stereocenters. The fourth-order valence-electron chi connectivity index (χ4n) is 3.97. The van der Waals surface area contributed by atoms with Crippen molar-refractivity contribution in [2.45, 2.75) is 20.4 Å². The molecule has 1 saturated heterocycles. The normalized spacial score (nSPS) is 15.1. The molecule has 1 fully saturated rings. The Morgan fingerprint density at radius 3 is 2.32 bits per heavy atom. The van der Waals surface area contributed by atoms with E-state index in [1.54, 1.807) is 0 Å². The lowest BCUT2D eigenvalue weighted by Gasteiger charge is -2.35. The van der Waals surface area contributed by atoms with E-state index in [4.69, 9.17) is 0 Å². The average molecular weight is 377 g/mol. The van der Waals surface area contributed by atoms with E-state index in [0.29, 0.717) is 0 Å². The summed E-state index contributed by atoms with van der Waals surface area (Å²) in [6, 6.07) is 16.3. The number of aromatic nitrogens is 1. The number of carbonyl (C=O) groups is 1. The molecule has 1 amide bonds. The third-order valence-electron chi connectivity index (χ3n) is 5.68. The minimum Gasteiger partial charge on any atom is -0.369 e. The van der Waals surface area contributed by atoms with E-state index in [0.717, 1.165) is 61.4 Å². The first kappa shape index (κ1) is 18.6. The number of aryl methyl sites for hydroxylation is 1. The molecule has 1 aliphatic heterocycles. The highest BCUT2D eigenvalue weighted by atomic mass is 16.1. The van der Waals surface area contributed by atoms with E-state index in [1.807, 2.05) is 36.5 Å². The summed E-state index contributed by atoms with van der Waals surface area (Å²) in [5.41, 5.74) is 3.86. The van der Waals surface area contributed by atoms with Gasteiger partial charge in [-0.15, -0.1) is 0 Å². The van der Waals surface area contributed by atoms with Gasteiger partial charge in [0.2, 0.25) is 0 Å². The van der Waals surface area contributed by atoms with Crippen molar-refractivity contribution in [1.82, 2.24) is 9.47 Å². The topological polar surface area (TPSA) is 40.5 Å². The molecule has 28 heavy (non-hydrogen) atoms. The monoisotopic (exact) mass is 376 g/mol. The number of nitrogens with zero attached hydrogens (tertiary/aromatic N) is 3. The largest absolute Gasteiger partial charge is 0.369 e. The number of hydrogen-bond acceptors (Lipinski definition) is 3. The Kier molecular flexibility index (Phi) is 5.35. The molecule has 0 aliphatic carbocycles. The van der Waals surface area contributed by atoms with E-state index in [1.165, 1.54) is 5.69 Å². The van der Waals surface area contributed by atoms with Gasteiger partial charge in [0.25, 0.3) is 5.91 Å². The van der Waals surface area contributed by atoms with Crippen molar-refractivity contribution in [2.75, 3.05) is 42.9 Å². The third kappa shape index (κ3) is 3.62. The molecular formula is C23H28N4O. The Bertz CT molecular complexity index is 952. The molecule has 1 aliphatic rings. The fourth-order valence-corrected chi connectivity index (χ4v) is 3.97. The Labute approximate surface area is 166 Å². The maximum atomic E-state index is 12.9. The second-order valence-corrected chi connectivity index (χ2v) is 7.27. The molecule has 1 aromatic heterocycles. The molecule has 0 unspecified atom stereocenters. The number of rotatable bonds is 5. The first-order valence-electron chi connectivity index (χ1n) is 10.2. The molecule has 2 aromatic carbocycles. The molecule has 5 nitrogen and oxygen atoms in total. The zero-order chi connectivity index (χ0) is 19.5. The summed E-state index contributed by atoms with van der Waals surface area (Å²) < 4.78 is 2.11. The number of benzene rings is 2. The molecule has 4 rings (SSSR count). The Morgan fingerprint density at radius 1 is 0.929 bits per heavy atom. The highest BCUT2D eigenvalue weighted by Gasteiger charge is 2.17. The van der Waals surface area contributed by atoms with Crippen molar-refractivity contribution in [2.24, 2.45) is 0 Å². The number of para-hydroxylation sites is 1. The van der Waals surface area contributed by atoms with Gasteiger partial charge in [-0.3, -0.25) is 4.79 Å². The molecule has 5 heteroatoms. The van der Waals surface area contributed by atoms with Crippen LogP contribution in [-0.4, -0.2) is 48.1 Å². The molecule has 2 heterocycles. The molecule has 0 spiro atoms. The zero-order valence-corrected chi connectivity index (χ0v) is 16.7. The van der Waals surface area contributed by atoms with Gasteiger partial charge in [0.05, 0.1) is 5.56 Å². The number of hydrogen-bond donors (Lipinski definition) is 1. The van der Waals surface area contributed by atoms with Gasteiger partial charge in [-0.05, 0) is 43.8 Å². The van der Waals surface area contributed by atoms with Crippen LogP contribution in [0.25, 0.3) is 10.9 Å². The van der Waals surface area contributed by atoms with Crippen molar-refractivity contribution in [3.05, 3.63) is 60.3 Å². The molecular weight excluding hydrogens is 348 g/mol. The molecule has 146 valence electrons. The minimum atomic E-state index is -0.0623. The van der Waals surface area contributed by atoms with Gasteiger partial charge in [0.15, 0.2) is 0 Å². The Morgan fingerprint density at radius 2 is 1.64 bits per heavy atom. The first-order chi connectivity index (χ1) is 13.7. The van der Waals surface area contributed by atoms with Crippen LogP contribution in [0.1, 0.15) is 24.2 Å². The van der Waals surface area contributed by atoms with Crippen LogP contribution in [-0.2, 0) is 6.54 Å². The predicted octanol–water partition coefficient (Wildman–Crippen LogP) is 4.06. The molecule has 0 radical (unpaired) electrons. The van der Waals surface area contributed by atoms with Gasteiger partial charge in [-0.25, -0.2) is 0 Å². The number of amides is 1. The molecule has 3 aromatic rings. The Hall–Kier alpha value is -2.79. The van der Waals surface area contributed by atoms with Crippen LogP contribution >= 0.6 is 0 Å². The minimum absolute atomic E-state index is 0.0623. The number of carbonyl (C=O) groups excluding carboxylic acids is 1. The molecule has 0 bridgehead atoms. The highest BCUT2D eigenvalue weighted by molar-refractivity contribution is 6.13. The zero-order valence-electron chi connectivity index (χ0n) is 16.7. The average Bonchev–Trinajstić information content (AvgIpc) is 3.13. The van der Waals surface area contributed by atoms with Crippen LogP contribution in [0.15, 0.2) is 54.7 Å². The van der Waals surface area contributed by atoms with Gasteiger partial charge < -0.3 is 19.7 Å². The highest BCUT2D eigenvalue weighted by Crippen LogP contribution is 2.24. The van der Waals surface area contributed by atoms with Crippen LogP contribution in [0.4, 0.5) is 11.4 Å². The number of anilines is 2. The predicted molar refractivity (Wildman–Crippen MR) is 116 cm³/mol. The lowest BCUT2D eigenvalue weighted by Crippen LogP contribution is -2.46. The van der Waals surface area contributed by atoms with E-state index in [-0.39, 0.29) is 5.91 Å². The van der Waals surface area contributed by atoms with Gasteiger partial charge in [-0.1, -0.05) is 25.1 Å². The quantitative estimate of drug-likeness (QED) is 0.730. The maximum Gasteiger partial charge on any atom is 0.257 e. The van der Waals surface area contributed by atoms with Gasteiger partial charge in [0.1, 0.15) is 0 Å². The first-order valence-corrected chi connectivity index (χ1v) is 10.2. The van der Waals surface area contributed by atoms with E-state index < -0.39 is 0 Å². The van der Waals surface area contributed by atoms with Gasteiger partial charge >= 0.3 is 0 Å². The van der Waals surface area contributed by atoms with Crippen molar-refractivity contribution in [1.29, 1.82) is 0 Å².